The minimum absolute atomic E-state index is 0.429. The van der Waals surface area contributed by atoms with Crippen LogP contribution in [0.4, 0.5) is 0 Å². The van der Waals surface area contributed by atoms with Crippen molar-refractivity contribution < 1.29 is 9.15 Å². The molecule has 0 amide bonds. The number of likely N-dealkylation sites (N-methyl/N-ethyl adjacent to an activating group) is 1. The van der Waals surface area contributed by atoms with Crippen LogP contribution in [-0.2, 0) is 0 Å². The van der Waals surface area contributed by atoms with E-state index in [4.69, 9.17) is 9.15 Å². The second-order valence-corrected chi connectivity index (χ2v) is 4.05. The zero-order valence-electron chi connectivity index (χ0n) is 9.40. The summed E-state index contributed by atoms with van der Waals surface area (Å²) in [4.78, 5) is 6.59. The lowest BCUT2D eigenvalue weighted by Gasteiger charge is -2.27. The van der Waals surface area contributed by atoms with Gasteiger partial charge in [-0.1, -0.05) is 0 Å². The fraction of sp³-hybridized carbons (Fsp3) is 0.727. The Hall–Kier alpha value is -1.03. The molecule has 4 heteroatoms. The van der Waals surface area contributed by atoms with Crippen molar-refractivity contribution in [2.45, 2.75) is 25.7 Å². The van der Waals surface area contributed by atoms with E-state index < -0.39 is 0 Å². The summed E-state index contributed by atoms with van der Waals surface area (Å²) in [6, 6.07) is 0. The van der Waals surface area contributed by atoms with E-state index in [0.29, 0.717) is 18.5 Å². The highest BCUT2D eigenvalue weighted by Gasteiger charge is 2.23. The molecule has 1 atom stereocenters. The second-order valence-electron chi connectivity index (χ2n) is 4.05. The van der Waals surface area contributed by atoms with Crippen molar-refractivity contribution in [1.29, 1.82) is 0 Å². The number of nitrogens with zero attached hydrogens (tertiary/aromatic N) is 2. The third-order valence-electron chi connectivity index (χ3n) is 2.76. The Morgan fingerprint density at radius 2 is 2.53 bits per heavy atom. The fourth-order valence-electron chi connectivity index (χ4n) is 2.04. The monoisotopic (exact) mass is 210 g/mol. The van der Waals surface area contributed by atoms with Gasteiger partial charge in [-0.2, -0.15) is 0 Å². The number of ether oxygens (including phenoxy) is 1. The van der Waals surface area contributed by atoms with Crippen molar-refractivity contribution in [3.8, 4) is 5.95 Å². The summed E-state index contributed by atoms with van der Waals surface area (Å²) in [7, 11) is 2.14. The van der Waals surface area contributed by atoms with Gasteiger partial charge in [-0.15, -0.1) is 0 Å². The quantitative estimate of drug-likeness (QED) is 0.763. The topological polar surface area (TPSA) is 38.5 Å². The standard InChI is InChI=1S/C11H18N2O2/c1-3-14-10-7-12-11(15-10)9-5-4-6-13(2)8-9/h7,9H,3-6,8H2,1-2H3. The maximum absolute atomic E-state index is 5.55. The van der Waals surface area contributed by atoms with Gasteiger partial charge in [0.1, 0.15) is 6.20 Å². The van der Waals surface area contributed by atoms with Crippen LogP contribution in [-0.4, -0.2) is 36.6 Å². The molecule has 0 aliphatic carbocycles. The third kappa shape index (κ3) is 2.50. The molecular formula is C11H18N2O2. The predicted molar refractivity (Wildman–Crippen MR) is 57.1 cm³/mol. The van der Waals surface area contributed by atoms with Crippen LogP contribution in [0.25, 0.3) is 0 Å². The molecule has 84 valence electrons. The van der Waals surface area contributed by atoms with Crippen LogP contribution in [0.2, 0.25) is 0 Å². The molecule has 1 aromatic heterocycles. The summed E-state index contributed by atoms with van der Waals surface area (Å²) >= 11 is 0. The molecule has 0 radical (unpaired) electrons. The van der Waals surface area contributed by atoms with E-state index in [1.165, 1.54) is 13.0 Å². The molecule has 1 saturated heterocycles. The first-order valence-corrected chi connectivity index (χ1v) is 5.56. The molecule has 1 aliphatic rings. The van der Waals surface area contributed by atoms with Crippen molar-refractivity contribution in [2.75, 3.05) is 26.7 Å². The Morgan fingerprint density at radius 1 is 1.67 bits per heavy atom. The Labute approximate surface area is 90.2 Å². The molecule has 2 rings (SSSR count). The number of likely N-dealkylation sites (tertiary alicyclic amines) is 1. The number of hydrogen-bond acceptors (Lipinski definition) is 4. The molecular weight excluding hydrogens is 192 g/mol. The molecule has 0 saturated carbocycles. The van der Waals surface area contributed by atoms with Gasteiger partial charge >= 0.3 is 5.95 Å². The summed E-state index contributed by atoms with van der Waals surface area (Å²) in [5, 5.41) is 0. The summed E-state index contributed by atoms with van der Waals surface area (Å²) < 4.78 is 10.8. The van der Waals surface area contributed by atoms with Gasteiger partial charge in [0, 0.05) is 12.5 Å². The summed E-state index contributed by atoms with van der Waals surface area (Å²) in [6.45, 7) is 4.78. The van der Waals surface area contributed by atoms with Crippen LogP contribution in [0, 0.1) is 0 Å². The predicted octanol–water partition coefficient (Wildman–Crippen LogP) is 1.88. The highest BCUT2D eigenvalue weighted by molar-refractivity contribution is 5.04. The molecule has 0 N–H and O–H groups in total. The first-order valence-electron chi connectivity index (χ1n) is 5.56. The zero-order valence-corrected chi connectivity index (χ0v) is 9.40. The van der Waals surface area contributed by atoms with Gasteiger partial charge in [-0.3, -0.25) is 0 Å². The average Bonchev–Trinajstić information content (AvgIpc) is 2.67. The van der Waals surface area contributed by atoms with Gasteiger partial charge in [0.2, 0.25) is 5.89 Å². The van der Waals surface area contributed by atoms with Crippen LogP contribution in [0.5, 0.6) is 5.95 Å². The molecule has 1 aliphatic heterocycles. The SMILES string of the molecule is CCOc1cnc(C2CCCN(C)C2)o1. The Balaban J connectivity index is 2.01. The van der Waals surface area contributed by atoms with E-state index in [-0.39, 0.29) is 0 Å². The normalized spacial score (nSPS) is 22.9. The minimum Gasteiger partial charge on any atom is -0.464 e. The van der Waals surface area contributed by atoms with Crippen LogP contribution in [0.15, 0.2) is 10.6 Å². The molecule has 1 fully saturated rings. The van der Waals surface area contributed by atoms with E-state index in [0.717, 1.165) is 18.9 Å². The zero-order chi connectivity index (χ0) is 10.7. The van der Waals surface area contributed by atoms with Gasteiger partial charge in [0.15, 0.2) is 0 Å². The molecule has 4 nitrogen and oxygen atoms in total. The van der Waals surface area contributed by atoms with E-state index >= 15 is 0 Å². The Bertz CT molecular complexity index is 311. The van der Waals surface area contributed by atoms with Gasteiger partial charge in [-0.25, -0.2) is 4.98 Å². The van der Waals surface area contributed by atoms with Crippen molar-refractivity contribution in [1.82, 2.24) is 9.88 Å². The molecule has 2 heterocycles. The smallest absolute Gasteiger partial charge is 0.305 e. The summed E-state index contributed by atoms with van der Waals surface area (Å²) in [6.07, 6.45) is 4.05. The van der Waals surface area contributed by atoms with E-state index in [1.807, 2.05) is 6.92 Å². The van der Waals surface area contributed by atoms with E-state index in [1.54, 1.807) is 6.20 Å². The minimum atomic E-state index is 0.429. The number of aromatic nitrogens is 1. The number of oxazole rings is 1. The van der Waals surface area contributed by atoms with Crippen LogP contribution >= 0.6 is 0 Å². The molecule has 15 heavy (non-hydrogen) atoms. The first-order chi connectivity index (χ1) is 7.29. The number of piperidine rings is 1. The van der Waals surface area contributed by atoms with Crippen LogP contribution in [0.1, 0.15) is 31.6 Å². The molecule has 0 aromatic carbocycles. The Morgan fingerprint density at radius 3 is 3.27 bits per heavy atom. The van der Waals surface area contributed by atoms with Crippen molar-refractivity contribution in [3.05, 3.63) is 12.1 Å². The Kier molecular flexibility index (Phi) is 3.26. The van der Waals surface area contributed by atoms with E-state index in [2.05, 4.69) is 16.9 Å². The van der Waals surface area contributed by atoms with Crippen LogP contribution < -0.4 is 4.74 Å². The lowest BCUT2D eigenvalue weighted by molar-refractivity contribution is 0.208. The lowest BCUT2D eigenvalue weighted by Crippen LogP contribution is -2.30. The van der Waals surface area contributed by atoms with Crippen molar-refractivity contribution >= 4 is 0 Å². The molecule has 1 aromatic rings. The van der Waals surface area contributed by atoms with Crippen molar-refractivity contribution in [2.24, 2.45) is 0 Å². The van der Waals surface area contributed by atoms with Gasteiger partial charge in [-0.05, 0) is 33.4 Å². The maximum atomic E-state index is 5.55. The second kappa shape index (κ2) is 4.66. The van der Waals surface area contributed by atoms with E-state index in [9.17, 15) is 0 Å². The maximum Gasteiger partial charge on any atom is 0.305 e. The first kappa shape index (κ1) is 10.5. The summed E-state index contributed by atoms with van der Waals surface area (Å²) in [5.41, 5.74) is 0. The van der Waals surface area contributed by atoms with Crippen LogP contribution in [0.3, 0.4) is 0 Å². The van der Waals surface area contributed by atoms with Crippen molar-refractivity contribution in [3.63, 3.8) is 0 Å². The fourth-order valence-corrected chi connectivity index (χ4v) is 2.04. The average molecular weight is 210 g/mol. The highest BCUT2D eigenvalue weighted by atomic mass is 16.6. The lowest BCUT2D eigenvalue weighted by atomic mass is 9.99. The number of hydrogen-bond donors (Lipinski definition) is 0. The molecule has 0 bridgehead atoms. The highest BCUT2D eigenvalue weighted by Crippen LogP contribution is 2.27. The largest absolute Gasteiger partial charge is 0.464 e. The van der Waals surface area contributed by atoms with Gasteiger partial charge in [0.05, 0.1) is 6.61 Å². The number of rotatable bonds is 3. The third-order valence-corrected chi connectivity index (χ3v) is 2.76. The molecule has 0 spiro atoms. The molecule has 1 unspecified atom stereocenters. The van der Waals surface area contributed by atoms with Gasteiger partial charge < -0.3 is 14.1 Å². The summed E-state index contributed by atoms with van der Waals surface area (Å²) in [5.74, 6) is 1.80. The van der Waals surface area contributed by atoms with Gasteiger partial charge in [0.25, 0.3) is 0 Å².